The normalized spacial score (nSPS) is 13.4. The third-order valence-electron chi connectivity index (χ3n) is 5.30. The van der Waals surface area contributed by atoms with Gasteiger partial charge in [0.05, 0.1) is 13.2 Å². The quantitative estimate of drug-likeness (QED) is 0.278. The Morgan fingerprint density at radius 2 is 1.69 bits per heavy atom. The standard InChI is InChI=1S/C26H30F2N2O5/c27-24(28)17-35-22-9-5-19(6-10-22)16-23(26(33)29-13-14-31)30-25(32)20-7-11-21(12-8-20)34-15-1-2-18-3-4-18/h5-12,16,18,24,31H,1-4,13-15,17H2,(H,29,33)(H,30,32)/b23-16-. The molecule has 7 nitrogen and oxygen atoms in total. The van der Waals surface area contributed by atoms with E-state index in [4.69, 9.17) is 14.6 Å². The summed E-state index contributed by atoms with van der Waals surface area (Å²) in [5, 5.41) is 14.1. The van der Waals surface area contributed by atoms with E-state index < -0.39 is 24.8 Å². The molecule has 0 unspecified atom stereocenters. The summed E-state index contributed by atoms with van der Waals surface area (Å²) in [6.45, 7) is -0.333. The smallest absolute Gasteiger partial charge is 0.272 e. The molecule has 188 valence electrons. The van der Waals surface area contributed by atoms with E-state index in [1.54, 1.807) is 36.4 Å². The van der Waals surface area contributed by atoms with Crippen LogP contribution in [0.25, 0.3) is 6.08 Å². The van der Waals surface area contributed by atoms with Crippen LogP contribution >= 0.6 is 0 Å². The van der Waals surface area contributed by atoms with Gasteiger partial charge in [-0.25, -0.2) is 8.78 Å². The first-order chi connectivity index (χ1) is 16.9. The van der Waals surface area contributed by atoms with Crippen LogP contribution in [0.3, 0.4) is 0 Å². The van der Waals surface area contributed by atoms with Crippen LogP contribution in [0, 0.1) is 5.92 Å². The summed E-state index contributed by atoms with van der Waals surface area (Å²) in [7, 11) is 0. The number of aliphatic hydroxyl groups is 1. The second-order valence-corrected chi connectivity index (χ2v) is 8.22. The summed E-state index contributed by atoms with van der Waals surface area (Å²) < 4.78 is 35.3. The lowest BCUT2D eigenvalue weighted by atomic mass is 10.1. The molecule has 1 fully saturated rings. The Labute approximate surface area is 203 Å². The van der Waals surface area contributed by atoms with Crippen molar-refractivity contribution in [3.05, 3.63) is 65.4 Å². The first-order valence-electron chi connectivity index (χ1n) is 11.6. The van der Waals surface area contributed by atoms with Gasteiger partial charge in [0.1, 0.15) is 23.8 Å². The van der Waals surface area contributed by atoms with Gasteiger partial charge in [0.25, 0.3) is 18.2 Å². The van der Waals surface area contributed by atoms with Crippen molar-refractivity contribution in [1.82, 2.24) is 10.6 Å². The van der Waals surface area contributed by atoms with Gasteiger partial charge in [0, 0.05) is 12.1 Å². The van der Waals surface area contributed by atoms with Crippen LogP contribution < -0.4 is 20.1 Å². The Morgan fingerprint density at radius 1 is 1.03 bits per heavy atom. The van der Waals surface area contributed by atoms with E-state index in [9.17, 15) is 18.4 Å². The summed E-state index contributed by atoms with van der Waals surface area (Å²) >= 11 is 0. The van der Waals surface area contributed by atoms with Crippen molar-refractivity contribution in [1.29, 1.82) is 0 Å². The third-order valence-corrected chi connectivity index (χ3v) is 5.30. The van der Waals surface area contributed by atoms with Crippen molar-refractivity contribution in [3.8, 4) is 11.5 Å². The molecule has 0 spiro atoms. The molecule has 2 amide bonds. The minimum atomic E-state index is -2.58. The molecule has 0 saturated heterocycles. The van der Waals surface area contributed by atoms with Crippen LogP contribution in [-0.2, 0) is 4.79 Å². The molecule has 1 aliphatic rings. The highest BCUT2D eigenvalue weighted by Gasteiger charge is 2.20. The Kier molecular flexibility index (Phi) is 10.0. The lowest BCUT2D eigenvalue weighted by molar-refractivity contribution is -0.117. The Balaban J connectivity index is 1.63. The number of carbonyl (C=O) groups excluding carboxylic acids is 2. The Bertz CT molecular complexity index is 990. The van der Waals surface area contributed by atoms with E-state index in [0.29, 0.717) is 23.5 Å². The maximum Gasteiger partial charge on any atom is 0.272 e. The topological polar surface area (TPSA) is 96.9 Å². The molecule has 0 aliphatic heterocycles. The second-order valence-electron chi connectivity index (χ2n) is 8.22. The van der Waals surface area contributed by atoms with Crippen molar-refractivity contribution < 1.29 is 33.0 Å². The number of halogens is 2. The maximum absolute atomic E-state index is 12.8. The van der Waals surface area contributed by atoms with Crippen LogP contribution in [-0.4, -0.2) is 49.7 Å². The molecule has 0 heterocycles. The van der Waals surface area contributed by atoms with Gasteiger partial charge in [-0.3, -0.25) is 9.59 Å². The highest BCUT2D eigenvalue weighted by Crippen LogP contribution is 2.33. The van der Waals surface area contributed by atoms with E-state index in [1.165, 1.54) is 37.5 Å². The zero-order valence-corrected chi connectivity index (χ0v) is 19.3. The van der Waals surface area contributed by atoms with Gasteiger partial charge in [-0.2, -0.15) is 0 Å². The zero-order valence-electron chi connectivity index (χ0n) is 19.3. The molecular formula is C26H30F2N2O5. The molecule has 2 aromatic carbocycles. The predicted octanol–water partition coefficient (Wildman–Crippen LogP) is 3.78. The monoisotopic (exact) mass is 488 g/mol. The number of aliphatic hydroxyl groups excluding tert-OH is 1. The molecule has 2 aromatic rings. The number of hydrogen-bond acceptors (Lipinski definition) is 5. The molecular weight excluding hydrogens is 458 g/mol. The maximum atomic E-state index is 12.8. The summed E-state index contributed by atoms with van der Waals surface area (Å²) in [5.74, 6) is 0.711. The summed E-state index contributed by atoms with van der Waals surface area (Å²) in [5.41, 5.74) is 0.843. The molecule has 0 atom stereocenters. The Hall–Kier alpha value is -3.46. The van der Waals surface area contributed by atoms with Gasteiger partial charge in [0.15, 0.2) is 0 Å². The SMILES string of the molecule is O=C(NCCO)/C(=C/c1ccc(OCC(F)F)cc1)NC(=O)c1ccc(OCCCC2CC2)cc1. The highest BCUT2D eigenvalue weighted by atomic mass is 19.3. The first kappa shape index (κ1) is 26.2. The van der Waals surface area contributed by atoms with E-state index in [0.717, 1.165) is 12.3 Å². The van der Waals surface area contributed by atoms with Gasteiger partial charge < -0.3 is 25.2 Å². The number of hydrogen-bond donors (Lipinski definition) is 3. The van der Waals surface area contributed by atoms with E-state index in [2.05, 4.69) is 10.6 Å². The van der Waals surface area contributed by atoms with Crippen molar-refractivity contribution >= 4 is 17.9 Å². The molecule has 1 saturated carbocycles. The average Bonchev–Trinajstić information content (AvgIpc) is 3.69. The second kappa shape index (κ2) is 13.4. The summed E-state index contributed by atoms with van der Waals surface area (Å²) in [6.07, 6.45) is 3.68. The lowest BCUT2D eigenvalue weighted by Gasteiger charge is -2.12. The molecule has 0 radical (unpaired) electrons. The van der Waals surface area contributed by atoms with E-state index in [1.807, 2.05) is 0 Å². The number of alkyl halides is 2. The predicted molar refractivity (Wildman–Crippen MR) is 127 cm³/mol. The minimum absolute atomic E-state index is 0.0131. The largest absolute Gasteiger partial charge is 0.494 e. The van der Waals surface area contributed by atoms with Gasteiger partial charge in [-0.1, -0.05) is 25.0 Å². The molecule has 3 rings (SSSR count). The van der Waals surface area contributed by atoms with Gasteiger partial charge >= 0.3 is 0 Å². The molecule has 35 heavy (non-hydrogen) atoms. The van der Waals surface area contributed by atoms with Crippen LogP contribution in [0.5, 0.6) is 11.5 Å². The van der Waals surface area contributed by atoms with Crippen LogP contribution in [0.1, 0.15) is 41.6 Å². The molecule has 3 N–H and O–H groups in total. The van der Waals surface area contributed by atoms with Crippen molar-refractivity contribution in [2.45, 2.75) is 32.1 Å². The summed E-state index contributed by atoms with van der Waals surface area (Å²) in [4.78, 5) is 25.3. The number of nitrogens with one attached hydrogen (secondary N) is 2. The molecule has 0 aromatic heterocycles. The van der Waals surface area contributed by atoms with Crippen LogP contribution in [0.4, 0.5) is 8.78 Å². The minimum Gasteiger partial charge on any atom is -0.494 e. The summed E-state index contributed by atoms with van der Waals surface area (Å²) in [6, 6.07) is 12.8. The lowest BCUT2D eigenvalue weighted by Crippen LogP contribution is -2.36. The number of rotatable bonds is 14. The van der Waals surface area contributed by atoms with Crippen molar-refractivity contribution in [2.24, 2.45) is 5.92 Å². The van der Waals surface area contributed by atoms with Crippen molar-refractivity contribution in [3.63, 3.8) is 0 Å². The van der Waals surface area contributed by atoms with Gasteiger partial charge in [0.2, 0.25) is 0 Å². The highest BCUT2D eigenvalue weighted by molar-refractivity contribution is 6.05. The number of ether oxygens (including phenoxy) is 2. The molecule has 9 heteroatoms. The number of amides is 2. The fourth-order valence-electron chi connectivity index (χ4n) is 3.27. The van der Waals surface area contributed by atoms with Crippen LogP contribution in [0.15, 0.2) is 54.2 Å². The fourth-order valence-corrected chi connectivity index (χ4v) is 3.27. The molecule has 0 bridgehead atoms. The van der Waals surface area contributed by atoms with E-state index in [-0.39, 0.29) is 24.6 Å². The first-order valence-corrected chi connectivity index (χ1v) is 11.6. The van der Waals surface area contributed by atoms with Gasteiger partial charge in [-0.15, -0.1) is 0 Å². The third kappa shape index (κ3) is 9.36. The zero-order chi connectivity index (χ0) is 25.0. The van der Waals surface area contributed by atoms with Gasteiger partial charge in [-0.05, 0) is 66.8 Å². The Morgan fingerprint density at radius 3 is 2.31 bits per heavy atom. The fraction of sp³-hybridized carbons (Fsp3) is 0.385. The van der Waals surface area contributed by atoms with Crippen molar-refractivity contribution in [2.75, 3.05) is 26.4 Å². The number of benzene rings is 2. The number of carbonyl (C=O) groups is 2. The van der Waals surface area contributed by atoms with Crippen LogP contribution in [0.2, 0.25) is 0 Å². The average molecular weight is 489 g/mol. The van der Waals surface area contributed by atoms with E-state index >= 15 is 0 Å². The molecule has 1 aliphatic carbocycles.